The minimum Gasteiger partial charge on any atom is -0.295 e. The summed E-state index contributed by atoms with van der Waals surface area (Å²) in [5.41, 5.74) is 1.73. The summed E-state index contributed by atoms with van der Waals surface area (Å²) in [4.78, 5) is 36.8. The first-order valence-corrected chi connectivity index (χ1v) is 8.50. The summed E-state index contributed by atoms with van der Waals surface area (Å²) in [7, 11) is 0. The second-order valence-electron chi connectivity index (χ2n) is 6.12. The van der Waals surface area contributed by atoms with Gasteiger partial charge < -0.3 is 0 Å². The van der Waals surface area contributed by atoms with Gasteiger partial charge in [-0.2, -0.15) is 0 Å². The van der Waals surface area contributed by atoms with Gasteiger partial charge in [0.25, 0.3) is 0 Å². The first-order chi connectivity index (χ1) is 12.6. The summed E-state index contributed by atoms with van der Waals surface area (Å²) in [6.07, 6.45) is 1.83. The zero-order valence-electron chi connectivity index (χ0n) is 14.6. The van der Waals surface area contributed by atoms with Crippen molar-refractivity contribution < 1.29 is 14.4 Å². The van der Waals surface area contributed by atoms with Gasteiger partial charge in [-0.1, -0.05) is 48.5 Å². The van der Waals surface area contributed by atoms with Crippen LogP contribution in [0, 0.1) is 0 Å². The second-order valence-corrected chi connectivity index (χ2v) is 6.12. The number of anilines is 1. The molecule has 26 heavy (non-hydrogen) atoms. The number of para-hydroxylation sites is 1. The van der Waals surface area contributed by atoms with Gasteiger partial charge >= 0.3 is 0 Å². The van der Waals surface area contributed by atoms with Crippen LogP contribution in [0.2, 0.25) is 0 Å². The molecule has 132 valence electrons. The van der Waals surface area contributed by atoms with Crippen molar-refractivity contribution in [2.45, 2.75) is 19.8 Å². The van der Waals surface area contributed by atoms with Gasteiger partial charge in [-0.3, -0.25) is 19.4 Å². The number of hydrogen-bond donors (Lipinski definition) is 0. The molecule has 1 amide bonds. The molecular weight excluding hydrogens is 328 g/mol. The van der Waals surface area contributed by atoms with Crippen molar-refractivity contribution in [2.75, 3.05) is 11.6 Å². The Balaban J connectivity index is 1.86. The Morgan fingerprint density at radius 2 is 1.62 bits per heavy atom. The highest BCUT2D eigenvalue weighted by molar-refractivity contribution is 6.05. The normalized spacial score (nSPS) is 14.7. The Morgan fingerprint density at radius 1 is 1.00 bits per heavy atom. The van der Waals surface area contributed by atoms with E-state index in [1.165, 1.54) is 18.1 Å². The highest BCUT2D eigenvalue weighted by atomic mass is 16.2. The van der Waals surface area contributed by atoms with Crippen molar-refractivity contribution in [1.82, 2.24) is 5.01 Å². The maximum absolute atomic E-state index is 12.5. The lowest BCUT2D eigenvalue weighted by molar-refractivity contribution is -0.125. The number of nitrogens with zero attached hydrogens (tertiary/aromatic N) is 2. The molecular formula is C21H20N2O3. The number of allylic oxidation sites excluding steroid dienone is 1. The average molecular weight is 348 g/mol. The fourth-order valence-electron chi connectivity index (χ4n) is 2.86. The van der Waals surface area contributed by atoms with E-state index in [4.69, 9.17) is 0 Å². The molecule has 0 bridgehead atoms. The number of Topliss-reactive ketones (excluding diaryl/α,β-unsaturated/α-hetero) is 2. The van der Waals surface area contributed by atoms with Crippen LogP contribution in [0.3, 0.4) is 0 Å². The highest BCUT2D eigenvalue weighted by Crippen LogP contribution is 2.24. The Kier molecular flexibility index (Phi) is 5.27. The van der Waals surface area contributed by atoms with Gasteiger partial charge in [-0.05, 0) is 19.1 Å². The third kappa shape index (κ3) is 3.88. The predicted octanol–water partition coefficient (Wildman–Crippen LogP) is 3.39. The van der Waals surface area contributed by atoms with E-state index in [2.05, 4.69) is 0 Å². The molecule has 0 spiro atoms. The predicted molar refractivity (Wildman–Crippen MR) is 99.4 cm³/mol. The lowest BCUT2D eigenvalue weighted by atomic mass is 10.0. The van der Waals surface area contributed by atoms with Crippen molar-refractivity contribution in [3.8, 4) is 0 Å². The summed E-state index contributed by atoms with van der Waals surface area (Å²) < 4.78 is 0. The molecule has 1 fully saturated rings. The number of rotatable bonds is 6. The van der Waals surface area contributed by atoms with E-state index in [1.54, 1.807) is 24.3 Å². The van der Waals surface area contributed by atoms with Crippen molar-refractivity contribution in [2.24, 2.45) is 0 Å². The number of ketones is 2. The van der Waals surface area contributed by atoms with Gasteiger partial charge in [-0.25, -0.2) is 5.01 Å². The second kappa shape index (κ2) is 7.78. The van der Waals surface area contributed by atoms with Crippen molar-refractivity contribution >= 4 is 23.2 Å². The Labute approximate surface area is 152 Å². The zero-order chi connectivity index (χ0) is 18.5. The van der Waals surface area contributed by atoms with Gasteiger partial charge in [0.1, 0.15) is 0 Å². The van der Waals surface area contributed by atoms with E-state index < -0.39 is 0 Å². The molecule has 1 heterocycles. The molecule has 0 aliphatic carbocycles. The first kappa shape index (κ1) is 17.6. The molecule has 1 aliphatic heterocycles. The summed E-state index contributed by atoms with van der Waals surface area (Å²) >= 11 is 0. The maximum atomic E-state index is 12.5. The molecule has 3 rings (SSSR count). The standard InChI is InChI=1S/C21H20N2O3/c1-16(24)18(14-20(25)17-8-4-2-5-9-17)15-23-21(26)12-13-22(23)19-10-6-3-7-11-19/h2-11,15H,12-14H2,1H3/b18-15+. The molecule has 1 saturated heterocycles. The van der Waals surface area contributed by atoms with E-state index in [1.807, 2.05) is 41.4 Å². The molecule has 0 unspecified atom stereocenters. The van der Waals surface area contributed by atoms with Crippen LogP contribution in [-0.4, -0.2) is 29.0 Å². The summed E-state index contributed by atoms with van der Waals surface area (Å²) in [5, 5.41) is 3.27. The van der Waals surface area contributed by atoms with Crippen molar-refractivity contribution in [3.05, 3.63) is 78.0 Å². The number of benzene rings is 2. The first-order valence-electron chi connectivity index (χ1n) is 8.50. The van der Waals surface area contributed by atoms with Gasteiger partial charge in [0.05, 0.1) is 5.69 Å². The molecule has 2 aromatic rings. The molecule has 5 heteroatoms. The molecule has 1 aliphatic rings. The SMILES string of the molecule is CC(=O)/C(=C/N1C(=O)CCN1c1ccccc1)CC(=O)c1ccccc1. The van der Waals surface area contributed by atoms with Crippen LogP contribution in [0.5, 0.6) is 0 Å². The van der Waals surface area contributed by atoms with Gasteiger partial charge in [-0.15, -0.1) is 0 Å². The minimum atomic E-state index is -0.220. The van der Waals surface area contributed by atoms with Crippen LogP contribution in [0.4, 0.5) is 5.69 Å². The smallest absolute Gasteiger partial charge is 0.247 e. The molecule has 0 N–H and O–H groups in total. The van der Waals surface area contributed by atoms with Gasteiger partial charge in [0.15, 0.2) is 11.6 Å². The van der Waals surface area contributed by atoms with Crippen LogP contribution in [0.1, 0.15) is 30.1 Å². The van der Waals surface area contributed by atoms with Crippen LogP contribution in [0.15, 0.2) is 72.4 Å². The highest BCUT2D eigenvalue weighted by Gasteiger charge is 2.29. The minimum absolute atomic E-state index is 0.0360. The Morgan fingerprint density at radius 3 is 2.23 bits per heavy atom. The van der Waals surface area contributed by atoms with E-state index in [9.17, 15) is 14.4 Å². The lowest BCUT2D eigenvalue weighted by Crippen LogP contribution is -2.35. The monoisotopic (exact) mass is 348 g/mol. The third-order valence-electron chi connectivity index (χ3n) is 4.28. The fourth-order valence-corrected chi connectivity index (χ4v) is 2.86. The number of hydrazine groups is 1. The van der Waals surface area contributed by atoms with Gasteiger partial charge in [0.2, 0.25) is 5.91 Å². The lowest BCUT2D eigenvalue weighted by Gasteiger charge is -2.27. The number of carbonyl (C=O) groups is 3. The molecule has 0 radical (unpaired) electrons. The van der Waals surface area contributed by atoms with Crippen LogP contribution in [0.25, 0.3) is 0 Å². The Bertz CT molecular complexity index is 844. The number of carbonyl (C=O) groups excluding carboxylic acids is 3. The largest absolute Gasteiger partial charge is 0.295 e. The maximum Gasteiger partial charge on any atom is 0.247 e. The zero-order valence-corrected chi connectivity index (χ0v) is 14.6. The molecule has 0 aromatic heterocycles. The topological polar surface area (TPSA) is 57.7 Å². The molecule has 0 atom stereocenters. The van der Waals surface area contributed by atoms with Crippen LogP contribution >= 0.6 is 0 Å². The molecule has 2 aromatic carbocycles. The van der Waals surface area contributed by atoms with Crippen molar-refractivity contribution in [1.29, 1.82) is 0 Å². The molecule has 5 nitrogen and oxygen atoms in total. The quantitative estimate of drug-likeness (QED) is 0.593. The number of amides is 1. The van der Waals surface area contributed by atoms with Crippen molar-refractivity contribution in [3.63, 3.8) is 0 Å². The van der Waals surface area contributed by atoms with Crippen LogP contribution < -0.4 is 5.01 Å². The van der Waals surface area contributed by atoms with Gasteiger partial charge in [0, 0.05) is 36.7 Å². The molecule has 0 saturated carbocycles. The van der Waals surface area contributed by atoms with E-state index in [-0.39, 0.29) is 23.9 Å². The fraction of sp³-hybridized carbons (Fsp3) is 0.190. The summed E-state index contributed by atoms with van der Waals surface area (Å²) in [6.45, 7) is 1.95. The van der Waals surface area contributed by atoms with E-state index in [0.717, 1.165) is 5.69 Å². The number of hydrogen-bond acceptors (Lipinski definition) is 4. The van der Waals surface area contributed by atoms with E-state index >= 15 is 0 Å². The van der Waals surface area contributed by atoms with E-state index in [0.29, 0.717) is 24.1 Å². The van der Waals surface area contributed by atoms with Crippen LogP contribution in [-0.2, 0) is 9.59 Å². The third-order valence-corrected chi connectivity index (χ3v) is 4.28. The Hall–Kier alpha value is -3.21. The summed E-state index contributed by atoms with van der Waals surface area (Å²) in [5.74, 6) is -0.466. The average Bonchev–Trinajstić information content (AvgIpc) is 3.03. The summed E-state index contributed by atoms with van der Waals surface area (Å²) in [6, 6.07) is 18.3.